The maximum atomic E-state index is 13.0. The molecule has 0 aliphatic carbocycles. The molecule has 0 aromatic heterocycles. The van der Waals surface area contributed by atoms with Crippen LogP contribution in [0.1, 0.15) is 5.56 Å². The van der Waals surface area contributed by atoms with Gasteiger partial charge in [-0.05, 0) is 29.8 Å². The van der Waals surface area contributed by atoms with E-state index in [1.807, 2.05) is 18.2 Å². The minimum atomic E-state index is -0.247. The quantitative estimate of drug-likeness (QED) is 0.816. The molecule has 0 amide bonds. The van der Waals surface area contributed by atoms with Crippen molar-refractivity contribution >= 4 is 23.0 Å². The van der Waals surface area contributed by atoms with Crippen molar-refractivity contribution in [2.45, 2.75) is 6.54 Å². The van der Waals surface area contributed by atoms with Gasteiger partial charge in [0.05, 0.1) is 16.4 Å². The summed E-state index contributed by atoms with van der Waals surface area (Å²) in [5, 5.41) is 3.63. The summed E-state index contributed by atoms with van der Waals surface area (Å²) in [6.45, 7) is 0.502. The Bertz CT molecular complexity index is 529. The van der Waals surface area contributed by atoms with Crippen LogP contribution in [0.5, 0.6) is 0 Å². The van der Waals surface area contributed by atoms with Gasteiger partial charge in [0.25, 0.3) is 0 Å². The average Bonchev–Trinajstić information content (AvgIpc) is 2.31. The molecule has 0 spiro atoms. The molecular formula is C13H12ClFN2. The average molecular weight is 251 g/mol. The molecule has 0 atom stereocenters. The van der Waals surface area contributed by atoms with Crippen LogP contribution in [0.15, 0.2) is 42.5 Å². The van der Waals surface area contributed by atoms with Crippen LogP contribution in [0.4, 0.5) is 15.8 Å². The third-order valence-corrected chi connectivity index (χ3v) is 2.75. The highest BCUT2D eigenvalue weighted by Gasteiger charge is 2.02. The van der Waals surface area contributed by atoms with Crippen molar-refractivity contribution in [2.75, 3.05) is 11.1 Å². The smallest absolute Gasteiger partial charge is 0.123 e. The molecule has 0 unspecified atom stereocenters. The molecule has 3 N–H and O–H groups in total. The van der Waals surface area contributed by atoms with Gasteiger partial charge in [-0.1, -0.05) is 29.8 Å². The number of nitrogens with one attached hydrogen (secondary N) is 1. The van der Waals surface area contributed by atoms with E-state index in [1.165, 1.54) is 12.1 Å². The Morgan fingerprint density at radius 3 is 2.71 bits per heavy atom. The molecule has 0 bridgehead atoms. The van der Waals surface area contributed by atoms with Crippen LogP contribution >= 0.6 is 11.6 Å². The number of nitrogens with two attached hydrogens (primary N) is 1. The van der Waals surface area contributed by atoms with Crippen LogP contribution in [0.2, 0.25) is 5.02 Å². The molecule has 0 saturated carbocycles. The Labute approximate surface area is 104 Å². The van der Waals surface area contributed by atoms with Crippen LogP contribution < -0.4 is 11.1 Å². The van der Waals surface area contributed by atoms with Gasteiger partial charge in [-0.2, -0.15) is 0 Å². The first-order valence-corrected chi connectivity index (χ1v) is 5.57. The summed E-state index contributed by atoms with van der Waals surface area (Å²) < 4.78 is 13.0. The second kappa shape index (κ2) is 5.06. The van der Waals surface area contributed by atoms with E-state index in [2.05, 4.69) is 5.32 Å². The zero-order chi connectivity index (χ0) is 12.3. The van der Waals surface area contributed by atoms with E-state index in [-0.39, 0.29) is 5.82 Å². The van der Waals surface area contributed by atoms with Gasteiger partial charge in [0.15, 0.2) is 0 Å². The molecule has 2 nitrogen and oxygen atoms in total. The molecule has 0 aliphatic rings. The zero-order valence-corrected chi connectivity index (χ0v) is 9.84. The summed E-state index contributed by atoms with van der Waals surface area (Å²) in [6, 6.07) is 11.8. The van der Waals surface area contributed by atoms with Crippen molar-refractivity contribution in [1.29, 1.82) is 0 Å². The van der Waals surface area contributed by atoms with Gasteiger partial charge < -0.3 is 11.1 Å². The summed E-state index contributed by atoms with van der Waals surface area (Å²) in [7, 11) is 0. The first kappa shape index (κ1) is 11.7. The number of halogens is 2. The highest BCUT2D eigenvalue weighted by molar-refractivity contribution is 6.33. The fourth-order valence-corrected chi connectivity index (χ4v) is 1.71. The van der Waals surface area contributed by atoms with Crippen molar-refractivity contribution in [3.8, 4) is 0 Å². The monoisotopic (exact) mass is 250 g/mol. The Hall–Kier alpha value is -1.74. The van der Waals surface area contributed by atoms with Crippen molar-refractivity contribution in [1.82, 2.24) is 0 Å². The van der Waals surface area contributed by atoms with Crippen molar-refractivity contribution in [3.05, 3.63) is 58.9 Å². The number of hydrogen-bond donors (Lipinski definition) is 2. The van der Waals surface area contributed by atoms with Gasteiger partial charge in [0.1, 0.15) is 5.82 Å². The molecule has 0 aliphatic heterocycles. The van der Waals surface area contributed by atoms with Crippen LogP contribution in [0.25, 0.3) is 0 Å². The van der Waals surface area contributed by atoms with Crippen molar-refractivity contribution in [3.63, 3.8) is 0 Å². The molecular weight excluding hydrogens is 239 g/mol. The van der Waals surface area contributed by atoms with E-state index in [9.17, 15) is 4.39 Å². The Morgan fingerprint density at radius 2 is 1.94 bits per heavy atom. The molecule has 0 saturated heterocycles. The lowest BCUT2D eigenvalue weighted by atomic mass is 10.2. The van der Waals surface area contributed by atoms with Crippen LogP contribution in [-0.2, 0) is 6.54 Å². The lowest BCUT2D eigenvalue weighted by Gasteiger charge is -2.10. The maximum absolute atomic E-state index is 13.0. The van der Waals surface area contributed by atoms with E-state index in [1.54, 1.807) is 12.1 Å². The Kier molecular flexibility index (Phi) is 3.49. The number of nitrogen functional groups attached to an aromatic ring is 1. The summed E-state index contributed by atoms with van der Waals surface area (Å²) >= 11 is 5.90. The van der Waals surface area contributed by atoms with Gasteiger partial charge in [0, 0.05) is 6.54 Å². The van der Waals surface area contributed by atoms with E-state index in [0.717, 1.165) is 11.3 Å². The summed E-state index contributed by atoms with van der Waals surface area (Å²) in [4.78, 5) is 0. The fourth-order valence-electron chi connectivity index (χ4n) is 1.54. The summed E-state index contributed by atoms with van der Waals surface area (Å²) in [5.74, 6) is -0.247. The first-order valence-electron chi connectivity index (χ1n) is 5.19. The van der Waals surface area contributed by atoms with Gasteiger partial charge >= 0.3 is 0 Å². The second-order valence-electron chi connectivity index (χ2n) is 3.68. The predicted molar refractivity (Wildman–Crippen MR) is 69.6 cm³/mol. The van der Waals surface area contributed by atoms with Crippen LogP contribution in [-0.4, -0.2) is 0 Å². The molecule has 4 heteroatoms. The molecule has 0 fully saturated rings. The predicted octanol–water partition coefficient (Wildman–Crippen LogP) is 3.67. The summed E-state index contributed by atoms with van der Waals surface area (Å²) in [5.41, 5.74) is 7.92. The van der Waals surface area contributed by atoms with Crippen LogP contribution in [0, 0.1) is 5.82 Å². The third-order valence-electron chi connectivity index (χ3n) is 2.42. The number of anilines is 2. The van der Waals surface area contributed by atoms with Gasteiger partial charge in [0.2, 0.25) is 0 Å². The molecule has 0 heterocycles. The Balaban J connectivity index is 2.10. The van der Waals surface area contributed by atoms with Gasteiger partial charge in [-0.3, -0.25) is 0 Å². The van der Waals surface area contributed by atoms with Crippen molar-refractivity contribution in [2.24, 2.45) is 0 Å². The second-order valence-corrected chi connectivity index (χ2v) is 4.09. The largest absolute Gasteiger partial charge is 0.396 e. The molecule has 88 valence electrons. The first-order chi connectivity index (χ1) is 8.16. The minimum Gasteiger partial charge on any atom is -0.396 e. The number of para-hydroxylation sites is 1. The molecule has 0 radical (unpaired) electrons. The third kappa shape index (κ3) is 2.88. The van der Waals surface area contributed by atoms with Gasteiger partial charge in [-0.15, -0.1) is 0 Å². The highest BCUT2D eigenvalue weighted by atomic mass is 35.5. The number of benzene rings is 2. The normalized spacial score (nSPS) is 10.2. The lowest BCUT2D eigenvalue weighted by molar-refractivity contribution is 0.626. The number of rotatable bonds is 3. The van der Waals surface area contributed by atoms with Crippen molar-refractivity contribution < 1.29 is 4.39 Å². The minimum absolute atomic E-state index is 0.247. The maximum Gasteiger partial charge on any atom is 0.123 e. The zero-order valence-electron chi connectivity index (χ0n) is 9.08. The Morgan fingerprint density at radius 1 is 1.18 bits per heavy atom. The number of hydrogen-bond acceptors (Lipinski definition) is 2. The van der Waals surface area contributed by atoms with E-state index >= 15 is 0 Å². The van der Waals surface area contributed by atoms with Crippen LogP contribution in [0.3, 0.4) is 0 Å². The lowest BCUT2D eigenvalue weighted by Crippen LogP contribution is -2.02. The molecule has 2 aromatic carbocycles. The molecule has 2 aromatic rings. The van der Waals surface area contributed by atoms with E-state index < -0.39 is 0 Å². The fraction of sp³-hybridized carbons (Fsp3) is 0.0769. The van der Waals surface area contributed by atoms with E-state index in [0.29, 0.717) is 17.3 Å². The highest BCUT2D eigenvalue weighted by Crippen LogP contribution is 2.27. The van der Waals surface area contributed by atoms with E-state index in [4.69, 9.17) is 17.3 Å². The molecule has 2 rings (SSSR count). The standard InChI is InChI=1S/C13H12ClFN2/c14-11-5-2-6-12(13(11)16)17-8-9-3-1-4-10(15)7-9/h1-7,17H,8,16H2. The summed E-state index contributed by atoms with van der Waals surface area (Å²) in [6.07, 6.45) is 0. The molecule has 17 heavy (non-hydrogen) atoms. The topological polar surface area (TPSA) is 38.0 Å². The SMILES string of the molecule is Nc1c(Cl)cccc1NCc1cccc(F)c1. The van der Waals surface area contributed by atoms with Gasteiger partial charge in [-0.25, -0.2) is 4.39 Å².